The Kier molecular flexibility index (Phi) is 3.98. The van der Waals surface area contributed by atoms with Gasteiger partial charge in [0.1, 0.15) is 6.33 Å². The Morgan fingerprint density at radius 1 is 1.04 bits per heavy atom. The summed E-state index contributed by atoms with van der Waals surface area (Å²) in [5.41, 5.74) is 3.59. The van der Waals surface area contributed by atoms with E-state index in [-0.39, 0.29) is 5.91 Å². The van der Waals surface area contributed by atoms with E-state index in [1.807, 2.05) is 55.5 Å². The highest BCUT2D eigenvalue weighted by Crippen LogP contribution is 2.17. The van der Waals surface area contributed by atoms with Crippen LogP contribution in [-0.4, -0.2) is 35.9 Å². The molecule has 4 aromatic rings. The van der Waals surface area contributed by atoms with Gasteiger partial charge in [-0.15, -0.1) is 5.10 Å². The molecule has 0 spiro atoms. The fourth-order valence-corrected chi connectivity index (χ4v) is 2.67. The van der Waals surface area contributed by atoms with E-state index in [9.17, 15) is 4.79 Å². The molecule has 0 bridgehead atoms. The Morgan fingerprint density at radius 3 is 2.62 bits per heavy atom. The molecule has 0 aliphatic carbocycles. The average Bonchev–Trinajstić information content (AvgIpc) is 3.32. The van der Waals surface area contributed by atoms with Crippen LogP contribution < -0.4 is 5.32 Å². The minimum atomic E-state index is -0.224. The number of amides is 1. The quantitative estimate of drug-likeness (QED) is 0.613. The van der Waals surface area contributed by atoms with Crippen LogP contribution in [0.15, 0.2) is 67.1 Å². The van der Waals surface area contributed by atoms with Crippen LogP contribution >= 0.6 is 0 Å². The topological polar surface area (TPSA) is 90.5 Å². The summed E-state index contributed by atoms with van der Waals surface area (Å²) in [6.07, 6.45) is 3.07. The van der Waals surface area contributed by atoms with Gasteiger partial charge in [-0.1, -0.05) is 24.3 Å². The molecular formula is C18H15N7O. The molecule has 0 aliphatic heterocycles. The molecule has 0 saturated heterocycles. The molecule has 8 nitrogen and oxygen atoms in total. The number of anilines is 1. The summed E-state index contributed by atoms with van der Waals surface area (Å²) in [6, 6.07) is 17.0. The van der Waals surface area contributed by atoms with Crippen LogP contribution in [0.1, 0.15) is 16.1 Å². The summed E-state index contributed by atoms with van der Waals surface area (Å²) in [7, 11) is 0. The van der Waals surface area contributed by atoms with Gasteiger partial charge in [-0.05, 0) is 47.7 Å². The first-order valence-electron chi connectivity index (χ1n) is 7.97. The second-order valence-corrected chi connectivity index (χ2v) is 5.65. The van der Waals surface area contributed by atoms with Crippen molar-refractivity contribution in [2.75, 3.05) is 5.32 Å². The largest absolute Gasteiger partial charge is 0.322 e. The SMILES string of the molecule is Cc1c(C(=O)Nc2cccc(-n3cnnn3)c2)cnn1-c1ccccc1. The van der Waals surface area contributed by atoms with Crippen molar-refractivity contribution in [3.8, 4) is 11.4 Å². The van der Waals surface area contributed by atoms with Crippen molar-refractivity contribution in [3.63, 3.8) is 0 Å². The van der Waals surface area contributed by atoms with Crippen LogP contribution in [0, 0.1) is 6.92 Å². The summed E-state index contributed by atoms with van der Waals surface area (Å²) in [5, 5.41) is 18.3. The molecule has 128 valence electrons. The molecular weight excluding hydrogens is 330 g/mol. The van der Waals surface area contributed by atoms with E-state index >= 15 is 0 Å². The summed E-state index contributed by atoms with van der Waals surface area (Å²) < 4.78 is 3.26. The molecule has 0 fully saturated rings. The van der Waals surface area contributed by atoms with E-state index in [0.29, 0.717) is 11.3 Å². The number of rotatable bonds is 4. The number of carbonyl (C=O) groups excluding carboxylic acids is 1. The normalized spacial score (nSPS) is 10.7. The summed E-state index contributed by atoms with van der Waals surface area (Å²) in [5.74, 6) is -0.224. The fourth-order valence-electron chi connectivity index (χ4n) is 2.67. The van der Waals surface area contributed by atoms with Gasteiger partial charge in [0, 0.05) is 5.69 Å². The van der Waals surface area contributed by atoms with Crippen molar-refractivity contribution in [2.45, 2.75) is 6.92 Å². The highest BCUT2D eigenvalue weighted by atomic mass is 16.1. The predicted molar refractivity (Wildman–Crippen MR) is 95.4 cm³/mol. The minimum absolute atomic E-state index is 0.224. The summed E-state index contributed by atoms with van der Waals surface area (Å²) >= 11 is 0. The molecule has 1 amide bonds. The molecule has 2 heterocycles. The van der Waals surface area contributed by atoms with Gasteiger partial charge in [0.15, 0.2) is 0 Å². The van der Waals surface area contributed by atoms with Gasteiger partial charge < -0.3 is 5.32 Å². The highest BCUT2D eigenvalue weighted by molar-refractivity contribution is 6.05. The molecule has 8 heteroatoms. The Labute approximate surface area is 149 Å². The maximum absolute atomic E-state index is 12.7. The second kappa shape index (κ2) is 6.60. The first-order valence-corrected chi connectivity index (χ1v) is 7.97. The number of carbonyl (C=O) groups is 1. The predicted octanol–water partition coefficient (Wildman–Crippen LogP) is 2.41. The van der Waals surface area contributed by atoms with Crippen molar-refractivity contribution in [2.24, 2.45) is 0 Å². The van der Waals surface area contributed by atoms with E-state index in [1.54, 1.807) is 16.9 Å². The molecule has 0 saturated carbocycles. The zero-order valence-electron chi connectivity index (χ0n) is 13.9. The number of aromatic nitrogens is 6. The Morgan fingerprint density at radius 2 is 1.85 bits per heavy atom. The van der Waals surface area contributed by atoms with Gasteiger partial charge in [0.25, 0.3) is 5.91 Å². The van der Waals surface area contributed by atoms with E-state index in [2.05, 4.69) is 25.9 Å². The van der Waals surface area contributed by atoms with Crippen LogP contribution in [0.3, 0.4) is 0 Å². The molecule has 26 heavy (non-hydrogen) atoms. The van der Waals surface area contributed by atoms with Gasteiger partial charge in [0.05, 0.1) is 28.8 Å². The number of tetrazole rings is 1. The van der Waals surface area contributed by atoms with Crippen molar-refractivity contribution in [1.82, 2.24) is 30.0 Å². The number of nitrogens with zero attached hydrogens (tertiary/aromatic N) is 6. The number of hydrogen-bond donors (Lipinski definition) is 1. The monoisotopic (exact) mass is 345 g/mol. The van der Waals surface area contributed by atoms with Gasteiger partial charge in [-0.2, -0.15) is 5.10 Å². The maximum atomic E-state index is 12.7. The molecule has 1 N–H and O–H groups in total. The van der Waals surface area contributed by atoms with Crippen molar-refractivity contribution >= 4 is 11.6 Å². The number of benzene rings is 2. The number of hydrogen-bond acceptors (Lipinski definition) is 5. The van der Waals surface area contributed by atoms with Crippen LogP contribution in [-0.2, 0) is 0 Å². The van der Waals surface area contributed by atoms with E-state index in [1.165, 1.54) is 11.0 Å². The van der Waals surface area contributed by atoms with E-state index in [4.69, 9.17) is 0 Å². The lowest BCUT2D eigenvalue weighted by Crippen LogP contribution is -2.13. The first kappa shape index (κ1) is 15.7. The van der Waals surface area contributed by atoms with E-state index < -0.39 is 0 Å². The van der Waals surface area contributed by atoms with Crippen LogP contribution in [0.2, 0.25) is 0 Å². The first-order chi connectivity index (χ1) is 12.7. The smallest absolute Gasteiger partial charge is 0.259 e. The summed E-state index contributed by atoms with van der Waals surface area (Å²) in [4.78, 5) is 12.7. The third kappa shape index (κ3) is 2.95. The Balaban J connectivity index is 1.58. The molecule has 2 aromatic carbocycles. The molecule has 0 unspecified atom stereocenters. The molecule has 0 atom stereocenters. The van der Waals surface area contributed by atoms with Crippen LogP contribution in [0.5, 0.6) is 0 Å². The van der Waals surface area contributed by atoms with Gasteiger partial charge in [-0.25, -0.2) is 9.36 Å². The van der Waals surface area contributed by atoms with Gasteiger partial charge in [-0.3, -0.25) is 4.79 Å². The third-order valence-electron chi connectivity index (χ3n) is 3.97. The lowest BCUT2D eigenvalue weighted by atomic mass is 10.2. The number of para-hydroxylation sites is 1. The van der Waals surface area contributed by atoms with Crippen LogP contribution in [0.4, 0.5) is 5.69 Å². The summed E-state index contributed by atoms with van der Waals surface area (Å²) in [6.45, 7) is 1.87. The molecule has 0 aliphatic rings. The lowest BCUT2D eigenvalue weighted by molar-refractivity contribution is 0.102. The number of nitrogens with one attached hydrogen (secondary N) is 1. The average molecular weight is 345 g/mol. The van der Waals surface area contributed by atoms with Gasteiger partial charge in [0.2, 0.25) is 0 Å². The zero-order valence-corrected chi connectivity index (χ0v) is 13.9. The lowest BCUT2D eigenvalue weighted by Gasteiger charge is -2.08. The van der Waals surface area contributed by atoms with Gasteiger partial charge >= 0.3 is 0 Å². The fraction of sp³-hybridized carbons (Fsp3) is 0.0556. The molecule has 4 rings (SSSR count). The molecule has 2 aromatic heterocycles. The van der Waals surface area contributed by atoms with Crippen molar-refractivity contribution in [3.05, 3.63) is 78.4 Å². The molecule has 0 radical (unpaired) electrons. The maximum Gasteiger partial charge on any atom is 0.259 e. The minimum Gasteiger partial charge on any atom is -0.322 e. The van der Waals surface area contributed by atoms with Crippen molar-refractivity contribution in [1.29, 1.82) is 0 Å². The van der Waals surface area contributed by atoms with Crippen molar-refractivity contribution < 1.29 is 4.79 Å². The van der Waals surface area contributed by atoms with Crippen LogP contribution in [0.25, 0.3) is 11.4 Å². The Hall–Kier alpha value is -3.81. The second-order valence-electron chi connectivity index (χ2n) is 5.65. The standard InChI is InChI=1S/C18H15N7O/c1-13-17(11-20-25(13)15-7-3-2-4-8-15)18(26)21-14-6-5-9-16(10-14)24-12-19-22-23-24/h2-12H,1H3,(H,21,26). The third-order valence-corrected chi connectivity index (χ3v) is 3.97. The Bertz CT molecular complexity index is 1040. The zero-order chi connectivity index (χ0) is 17.9. The van der Waals surface area contributed by atoms with E-state index in [0.717, 1.165) is 17.1 Å². The highest BCUT2D eigenvalue weighted by Gasteiger charge is 2.15.